The lowest BCUT2D eigenvalue weighted by molar-refractivity contribution is -0.0154. The molecular weight excluding hydrogens is 260 g/mol. The molecule has 0 spiro atoms. The molecule has 1 aliphatic rings. The van der Waals surface area contributed by atoms with Gasteiger partial charge >= 0.3 is 0 Å². The molecule has 0 saturated carbocycles. The molecule has 0 bridgehead atoms. The van der Waals surface area contributed by atoms with E-state index in [4.69, 9.17) is 4.74 Å². The number of aliphatic hydroxyl groups is 1. The van der Waals surface area contributed by atoms with Crippen molar-refractivity contribution in [3.63, 3.8) is 0 Å². The van der Waals surface area contributed by atoms with E-state index >= 15 is 0 Å². The van der Waals surface area contributed by atoms with Crippen LogP contribution in [0.25, 0.3) is 0 Å². The van der Waals surface area contributed by atoms with Crippen LogP contribution in [-0.2, 0) is 16.6 Å². The fraction of sp³-hybridized carbons (Fsp3) is 0.368. The third-order valence-corrected chi connectivity index (χ3v) is 4.64. The first-order valence-electron chi connectivity index (χ1n) is 7.66. The second-order valence-electron chi connectivity index (χ2n) is 5.84. The minimum absolute atomic E-state index is 0.185. The van der Waals surface area contributed by atoms with E-state index in [-0.39, 0.29) is 11.5 Å². The van der Waals surface area contributed by atoms with E-state index in [9.17, 15) is 5.11 Å². The fourth-order valence-corrected chi connectivity index (χ4v) is 3.35. The largest absolute Gasteiger partial charge is 0.392 e. The predicted octanol–water partition coefficient (Wildman–Crippen LogP) is 3.34. The standard InChI is InChI=1S/C19H22O2/c20-18(15-16-7-3-1-4-8-16)19(11-13-21-14-12-19)17-9-5-2-6-10-17/h1-10,18,20H,11-15H2. The van der Waals surface area contributed by atoms with Crippen LogP contribution in [-0.4, -0.2) is 24.4 Å². The molecular formula is C19H22O2. The van der Waals surface area contributed by atoms with Gasteiger partial charge in [0, 0.05) is 18.6 Å². The van der Waals surface area contributed by atoms with Gasteiger partial charge < -0.3 is 9.84 Å². The van der Waals surface area contributed by atoms with E-state index in [1.165, 1.54) is 11.1 Å². The third-order valence-electron chi connectivity index (χ3n) is 4.64. The molecule has 3 rings (SSSR count). The Hall–Kier alpha value is -1.64. The molecule has 0 radical (unpaired) electrons. The van der Waals surface area contributed by atoms with Gasteiger partial charge in [-0.05, 0) is 30.4 Å². The molecule has 0 aromatic heterocycles. The highest BCUT2D eigenvalue weighted by molar-refractivity contribution is 5.29. The van der Waals surface area contributed by atoms with Crippen LogP contribution in [0.15, 0.2) is 60.7 Å². The maximum Gasteiger partial charge on any atom is 0.0678 e. The van der Waals surface area contributed by atoms with Crippen molar-refractivity contribution >= 4 is 0 Å². The second kappa shape index (κ2) is 6.42. The molecule has 1 aliphatic heterocycles. The van der Waals surface area contributed by atoms with Crippen LogP contribution >= 0.6 is 0 Å². The second-order valence-corrected chi connectivity index (χ2v) is 5.84. The molecule has 1 unspecified atom stereocenters. The van der Waals surface area contributed by atoms with Crippen LogP contribution in [0, 0.1) is 0 Å². The molecule has 1 N–H and O–H groups in total. The van der Waals surface area contributed by atoms with Crippen molar-refractivity contribution < 1.29 is 9.84 Å². The van der Waals surface area contributed by atoms with Gasteiger partial charge in [0.1, 0.15) is 0 Å². The Labute approximate surface area is 126 Å². The molecule has 110 valence electrons. The van der Waals surface area contributed by atoms with Crippen LogP contribution in [0.4, 0.5) is 0 Å². The van der Waals surface area contributed by atoms with Gasteiger partial charge in [-0.3, -0.25) is 0 Å². The summed E-state index contributed by atoms with van der Waals surface area (Å²) in [6.45, 7) is 1.45. The third kappa shape index (κ3) is 3.02. The molecule has 0 amide bonds. The Balaban J connectivity index is 1.88. The average molecular weight is 282 g/mol. The zero-order chi connectivity index (χ0) is 14.5. The summed E-state index contributed by atoms with van der Waals surface area (Å²) in [6, 6.07) is 20.7. The Kier molecular flexibility index (Phi) is 4.37. The summed E-state index contributed by atoms with van der Waals surface area (Å²) in [7, 11) is 0. The van der Waals surface area contributed by atoms with E-state index in [1.807, 2.05) is 24.3 Å². The summed E-state index contributed by atoms with van der Waals surface area (Å²) in [5, 5.41) is 11.0. The summed E-state index contributed by atoms with van der Waals surface area (Å²) < 4.78 is 5.54. The van der Waals surface area contributed by atoms with Crippen molar-refractivity contribution in [3.8, 4) is 0 Å². The molecule has 2 aromatic carbocycles. The molecule has 1 atom stereocenters. The zero-order valence-corrected chi connectivity index (χ0v) is 12.2. The van der Waals surface area contributed by atoms with Gasteiger partial charge in [-0.1, -0.05) is 60.7 Å². The van der Waals surface area contributed by atoms with E-state index < -0.39 is 0 Å². The monoisotopic (exact) mass is 282 g/mol. The summed E-state index contributed by atoms with van der Waals surface area (Å²) in [5.41, 5.74) is 2.23. The quantitative estimate of drug-likeness (QED) is 0.932. The fourth-order valence-electron chi connectivity index (χ4n) is 3.35. The van der Waals surface area contributed by atoms with Crippen LogP contribution in [0.2, 0.25) is 0 Å². The lowest BCUT2D eigenvalue weighted by atomic mass is 9.68. The van der Waals surface area contributed by atoms with Crippen molar-refractivity contribution in [1.29, 1.82) is 0 Å². The van der Waals surface area contributed by atoms with Crippen molar-refractivity contribution in [2.24, 2.45) is 0 Å². The maximum atomic E-state index is 11.0. The zero-order valence-electron chi connectivity index (χ0n) is 12.2. The van der Waals surface area contributed by atoms with Gasteiger partial charge in [0.15, 0.2) is 0 Å². The van der Waals surface area contributed by atoms with Crippen molar-refractivity contribution in [2.45, 2.75) is 30.8 Å². The molecule has 0 aliphatic carbocycles. The Morgan fingerprint density at radius 2 is 1.48 bits per heavy atom. The van der Waals surface area contributed by atoms with Crippen molar-refractivity contribution in [1.82, 2.24) is 0 Å². The van der Waals surface area contributed by atoms with Crippen molar-refractivity contribution in [3.05, 3.63) is 71.8 Å². The van der Waals surface area contributed by atoms with Gasteiger partial charge in [-0.25, -0.2) is 0 Å². The Morgan fingerprint density at radius 1 is 0.905 bits per heavy atom. The highest BCUT2D eigenvalue weighted by atomic mass is 16.5. The Bertz CT molecular complexity index is 544. The predicted molar refractivity (Wildman–Crippen MR) is 84.3 cm³/mol. The molecule has 2 heteroatoms. The molecule has 2 aromatic rings. The maximum absolute atomic E-state index is 11.0. The van der Waals surface area contributed by atoms with E-state index in [2.05, 4.69) is 36.4 Å². The van der Waals surface area contributed by atoms with Gasteiger partial charge in [0.2, 0.25) is 0 Å². The number of benzene rings is 2. The molecule has 21 heavy (non-hydrogen) atoms. The number of hydrogen-bond donors (Lipinski definition) is 1. The van der Waals surface area contributed by atoms with Gasteiger partial charge in [-0.15, -0.1) is 0 Å². The van der Waals surface area contributed by atoms with Crippen LogP contribution in [0.3, 0.4) is 0 Å². The molecule has 1 fully saturated rings. The number of aliphatic hydroxyl groups excluding tert-OH is 1. The molecule has 1 saturated heterocycles. The van der Waals surface area contributed by atoms with Crippen LogP contribution in [0.1, 0.15) is 24.0 Å². The highest BCUT2D eigenvalue weighted by Crippen LogP contribution is 2.39. The lowest BCUT2D eigenvalue weighted by Gasteiger charge is -2.41. The first-order valence-corrected chi connectivity index (χ1v) is 7.66. The average Bonchev–Trinajstić information content (AvgIpc) is 2.57. The molecule has 1 heterocycles. The minimum Gasteiger partial charge on any atom is -0.392 e. The summed E-state index contributed by atoms with van der Waals surface area (Å²) >= 11 is 0. The number of hydrogen-bond acceptors (Lipinski definition) is 2. The summed E-state index contributed by atoms with van der Waals surface area (Å²) in [4.78, 5) is 0. The number of rotatable bonds is 4. The highest BCUT2D eigenvalue weighted by Gasteiger charge is 2.40. The molecule has 2 nitrogen and oxygen atoms in total. The van der Waals surface area contributed by atoms with Crippen LogP contribution < -0.4 is 0 Å². The first-order chi connectivity index (χ1) is 10.3. The van der Waals surface area contributed by atoms with Gasteiger partial charge in [0.05, 0.1) is 6.10 Å². The van der Waals surface area contributed by atoms with Crippen molar-refractivity contribution in [2.75, 3.05) is 13.2 Å². The van der Waals surface area contributed by atoms with E-state index in [0.29, 0.717) is 6.42 Å². The topological polar surface area (TPSA) is 29.5 Å². The summed E-state index contributed by atoms with van der Waals surface area (Å²) in [5.74, 6) is 0. The lowest BCUT2D eigenvalue weighted by Crippen LogP contribution is -2.45. The normalized spacial score (nSPS) is 19.1. The van der Waals surface area contributed by atoms with Crippen LogP contribution in [0.5, 0.6) is 0 Å². The minimum atomic E-state index is -0.383. The number of ether oxygens (including phenoxy) is 1. The summed E-state index contributed by atoms with van der Waals surface area (Å²) in [6.07, 6.45) is 2.07. The van der Waals surface area contributed by atoms with Gasteiger partial charge in [-0.2, -0.15) is 0 Å². The van der Waals surface area contributed by atoms with E-state index in [1.54, 1.807) is 0 Å². The smallest absolute Gasteiger partial charge is 0.0678 e. The SMILES string of the molecule is OC(Cc1ccccc1)C1(c2ccccc2)CCOCC1. The first kappa shape index (κ1) is 14.3. The van der Waals surface area contributed by atoms with E-state index in [0.717, 1.165) is 26.1 Å². The Morgan fingerprint density at radius 3 is 2.10 bits per heavy atom. The van der Waals surface area contributed by atoms with Gasteiger partial charge in [0.25, 0.3) is 0 Å².